The van der Waals surface area contributed by atoms with E-state index in [9.17, 15) is 4.79 Å². The van der Waals surface area contributed by atoms with Crippen LogP contribution in [-0.2, 0) is 19.0 Å². The van der Waals surface area contributed by atoms with Crippen molar-refractivity contribution in [1.29, 1.82) is 0 Å². The van der Waals surface area contributed by atoms with E-state index in [1.807, 2.05) is 48.3 Å². The molecule has 0 radical (unpaired) electrons. The van der Waals surface area contributed by atoms with Gasteiger partial charge in [-0.25, -0.2) is 4.79 Å². The number of hydrogen-bond acceptors (Lipinski definition) is 2. The fourth-order valence-corrected chi connectivity index (χ4v) is 2.93. The molecule has 0 unspecified atom stereocenters. The summed E-state index contributed by atoms with van der Waals surface area (Å²) in [5, 5.41) is 5.90. The van der Waals surface area contributed by atoms with Gasteiger partial charge in [-0.1, -0.05) is 18.2 Å². The first kappa shape index (κ1) is 15.5. The largest absolute Gasteiger partial charge is 0.496 e. The van der Waals surface area contributed by atoms with Crippen LogP contribution in [0.15, 0.2) is 42.7 Å². The molecular formula is C18H23N3O2. The molecule has 23 heavy (non-hydrogen) atoms. The Balaban J connectivity index is 1.54. The van der Waals surface area contributed by atoms with Gasteiger partial charge in [-0.3, -0.25) is 0 Å². The van der Waals surface area contributed by atoms with E-state index in [1.165, 1.54) is 5.56 Å². The zero-order valence-corrected chi connectivity index (χ0v) is 13.6. The second-order valence-electron chi connectivity index (χ2n) is 6.20. The van der Waals surface area contributed by atoms with Crippen molar-refractivity contribution in [1.82, 2.24) is 15.2 Å². The molecule has 5 nitrogen and oxygen atoms in total. The monoisotopic (exact) mass is 313 g/mol. The molecule has 1 heterocycles. The molecule has 1 fully saturated rings. The van der Waals surface area contributed by atoms with E-state index >= 15 is 0 Å². The number of carbonyl (C=O) groups excluding carboxylic acids is 1. The standard InChI is InChI=1S/C18H23N3O2/c1-21-10-7-14(12-21)11-19-17(22)20-13-18(8-9-18)15-5-3-4-6-16(15)23-2/h3-7,10,12H,8-9,11,13H2,1-2H3,(H2,19,20,22). The van der Waals surface area contributed by atoms with Crippen molar-refractivity contribution >= 4 is 6.03 Å². The first-order valence-electron chi connectivity index (χ1n) is 7.89. The van der Waals surface area contributed by atoms with Crippen LogP contribution < -0.4 is 15.4 Å². The van der Waals surface area contributed by atoms with Crippen LogP contribution in [0.3, 0.4) is 0 Å². The first-order chi connectivity index (χ1) is 11.1. The normalized spacial score (nSPS) is 15.0. The zero-order chi connectivity index (χ0) is 16.3. The average Bonchev–Trinajstić information content (AvgIpc) is 3.25. The molecule has 1 aliphatic carbocycles. The van der Waals surface area contributed by atoms with E-state index < -0.39 is 0 Å². The second-order valence-corrected chi connectivity index (χ2v) is 6.20. The third-order valence-electron chi connectivity index (χ3n) is 4.47. The Hall–Kier alpha value is -2.43. The second kappa shape index (κ2) is 6.36. The van der Waals surface area contributed by atoms with Gasteiger partial charge in [0.25, 0.3) is 0 Å². The highest BCUT2D eigenvalue weighted by Gasteiger charge is 2.46. The molecule has 1 aromatic carbocycles. The van der Waals surface area contributed by atoms with Gasteiger partial charge in [0, 0.05) is 43.5 Å². The van der Waals surface area contributed by atoms with Crippen molar-refractivity contribution in [2.45, 2.75) is 24.8 Å². The van der Waals surface area contributed by atoms with E-state index in [1.54, 1.807) is 7.11 Å². The highest BCUT2D eigenvalue weighted by atomic mass is 16.5. The number of aromatic nitrogens is 1. The van der Waals surface area contributed by atoms with Gasteiger partial charge in [0.15, 0.2) is 0 Å². The third kappa shape index (κ3) is 3.50. The lowest BCUT2D eigenvalue weighted by molar-refractivity contribution is 0.239. The number of nitrogens with zero attached hydrogens (tertiary/aromatic N) is 1. The predicted octanol–water partition coefficient (Wildman–Crippen LogP) is 2.56. The van der Waals surface area contributed by atoms with Gasteiger partial charge >= 0.3 is 6.03 Å². The number of para-hydroxylation sites is 1. The first-order valence-corrected chi connectivity index (χ1v) is 7.89. The summed E-state index contributed by atoms with van der Waals surface area (Å²) >= 11 is 0. The number of hydrogen-bond donors (Lipinski definition) is 2. The number of benzene rings is 1. The molecule has 2 aromatic rings. The molecule has 1 aliphatic rings. The molecule has 1 saturated carbocycles. The van der Waals surface area contributed by atoms with Crippen molar-refractivity contribution in [2.75, 3.05) is 13.7 Å². The SMILES string of the molecule is COc1ccccc1C1(CNC(=O)NCc2ccn(C)c2)CC1. The van der Waals surface area contributed by atoms with Crippen LogP contribution in [0.1, 0.15) is 24.0 Å². The molecular weight excluding hydrogens is 290 g/mol. The van der Waals surface area contributed by atoms with E-state index in [0.717, 1.165) is 24.2 Å². The lowest BCUT2D eigenvalue weighted by atomic mass is 9.95. The number of rotatable bonds is 6. The Bertz CT molecular complexity index is 689. The van der Waals surface area contributed by atoms with Gasteiger partial charge in [0.2, 0.25) is 0 Å². The fourth-order valence-electron chi connectivity index (χ4n) is 2.93. The fraction of sp³-hybridized carbons (Fsp3) is 0.389. The summed E-state index contributed by atoms with van der Waals surface area (Å²) in [5.41, 5.74) is 2.30. The van der Waals surface area contributed by atoms with Gasteiger partial charge in [-0.2, -0.15) is 0 Å². The van der Waals surface area contributed by atoms with Crippen LogP contribution in [0.2, 0.25) is 0 Å². The Kier molecular flexibility index (Phi) is 4.28. The van der Waals surface area contributed by atoms with E-state index in [-0.39, 0.29) is 11.4 Å². The van der Waals surface area contributed by atoms with Gasteiger partial charge in [-0.15, -0.1) is 0 Å². The zero-order valence-electron chi connectivity index (χ0n) is 13.6. The summed E-state index contributed by atoms with van der Waals surface area (Å²) in [6, 6.07) is 9.93. The Labute approximate surface area is 136 Å². The van der Waals surface area contributed by atoms with Crippen LogP contribution in [0.4, 0.5) is 4.79 Å². The summed E-state index contributed by atoms with van der Waals surface area (Å²) in [6.07, 6.45) is 6.12. The van der Waals surface area contributed by atoms with Gasteiger partial charge in [0.05, 0.1) is 7.11 Å². The molecule has 0 atom stereocenters. The number of aryl methyl sites for hydroxylation is 1. The summed E-state index contributed by atoms with van der Waals surface area (Å²) in [6.45, 7) is 1.17. The molecule has 2 amide bonds. The highest BCUT2D eigenvalue weighted by molar-refractivity contribution is 5.74. The number of ether oxygens (including phenoxy) is 1. The number of amides is 2. The molecule has 1 aromatic heterocycles. The van der Waals surface area contributed by atoms with Crippen molar-refractivity contribution in [3.63, 3.8) is 0 Å². The summed E-state index contributed by atoms with van der Waals surface area (Å²) in [7, 11) is 3.66. The lowest BCUT2D eigenvalue weighted by Crippen LogP contribution is -2.39. The van der Waals surface area contributed by atoms with Gasteiger partial charge < -0.3 is 19.9 Å². The molecule has 0 saturated heterocycles. The molecule has 5 heteroatoms. The quantitative estimate of drug-likeness (QED) is 0.861. The smallest absolute Gasteiger partial charge is 0.315 e. The van der Waals surface area contributed by atoms with Crippen LogP contribution >= 0.6 is 0 Å². The Morgan fingerprint density at radius 3 is 2.70 bits per heavy atom. The van der Waals surface area contributed by atoms with E-state index in [0.29, 0.717) is 13.1 Å². The summed E-state index contributed by atoms with van der Waals surface area (Å²) in [4.78, 5) is 12.0. The van der Waals surface area contributed by atoms with E-state index in [2.05, 4.69) is 16.7 Å². The van der Waals surface area contributed by atoms with Crippen LogP contribution in [-0.4, -0.2) is 24.3 Å². The van der Waals surface area contributed by atoms with Crippen LogP contribution in [0, 0.1) is 0 Å². The predicted molar refractivity (Wildman–Crippen MR) is 89.6 cm³/mol. The van der Waals surface area contributed by atoms with Gasteiger partial charge in [-0.05, 0) is 30.5 Å². The molecule has 0 aliphatic heterocycles. The Morgan fingerprint density at radius 1 is 1.26 bits per heavy atom. The molecule has 122 valence electrons. The Morgan fingerprint density at radius 2 is 2.04 bits per heavy atom. The maximum atomic E-state index is 12.0. The number of nitrogens with one attached hydrogen (secondary N) is 2. The minimum Gasteiger partial charge on any atom is -0.496 e. The number of urea groups is 1. The lowest BCUT2D eigenvalue weighted by Gasteiger charge is -2.19. The van der Waals surface area contributed by atoms with Crippen molar-refractivity contribution in [2.24, 2.45) is 7.05 Å². The van der Waals surface area contributed by atoms with Crippen LogP contribution in [0.5, 0.6) is 5.75 Å². The van der Waals surface area contributed by atoms with Gasteiger partial charge in [0.1, 0.15) is 5.75 Å². The molecule has 3 rings (SSSR count). The molecule has 2 N–H and O–H groups in total. The topological polar surface area (TPSA) is 55.3 Å². The molecule has 0 bridgehead atoms. The summed E-state index contributed by atoms with van der Waals surface area (Å²) < 4.78 is 7.42. The average molecular weight is 313 g/mol. The molecule has 0 spiro atoms. The van der Waals surface area contributed by atoms with Crippen molar-refractivity contribution in [3.8, 4) is 5.75 Å². The van der Waals surface area contributed by atoms with Crippen LogP contribution in [0.25, 0.3) is 0 Å². The van der Waals surface area contributed by atoms with Crippen molar-refractivity contribution in [3.05, 3.63) is 53.9 Å². The van der Waals surface area contributed by atoms with Crippen molar-refractivity contribution < 1.29 is 9.53 Å². The number of carbonyl (C=O) groups is 1. The minimum absolute atomic E-state index is 0.0245. The third-order valence-corrected chi connectivity index (χ3v) is 4.47. The maximum absolute atomic E-state index is 12.0. The maximum Gasteiger partial charge on any atom is 0.315 e. The summed E-state index contributed by atoms with van der Waals surface area (Å²) in [5.74, 6) is 0.900. The minimum atomic E-state index is -0.130. The highest BCUT2D eigenvalue weighted by Crippen LogP contribution is 2.50. The number of methoxy groups -OCH3 is 1. The van der Waals surface area contributed by atoms with E-state index in [4.69, 9.17) is 4.74 Å².